The number of likely N-dealkylation sites (N-methyl/N-ethyl adjacent to an activating group) is 7. The van der Waals surface area contributed by atoms with Crippen LogP contribution in [0.3, 0.4) is 0 Å². The minimum atomic E-state index is -1.65. The third-order valence-corrected chi connectivity index (χ3v) is 18.4. The number of Topliss-reactive ketones (excluding diaryl/α,β-unsaturated/α-hetero) is 1. The highest BCUT2D eigenvalue weighted by Crippen LogP contribution is 2.28. The van der Waals surface area contributed by atoms with Gasteiger partial charge in [-0.1, -0.05) is 110 Å². The molecule has 1 fully saturated rings. The Hall–Kier alpha value is -6.24. The van der Waals surface area contributed by atoms with Crippen LogP contribution in [-0.2, 0) is 62.3 Å². The van der Waals surface area contributed by atoms with Crippen molar-refractivity contribution in [2.45, 2.75) is 255 Å². The number of hydrogen-bond acceptors (Lipinski definition) is 14. The Morgan fingerprint density at radius 1 is 0.516 bits per heavy atom. The van der Waals surface area contributed by atoms with Crippen LogP contribution in [0.4, 0.5) is 0 Å². The van der Waals surface area contributed by atoms with E-state index in [-0.39, 0.29) is 68.1 Å². The monoisotopic (exact) mass is 1350 g/mol. The molecule has 1 aliphatic rings. The molecular weight excluding hydrogens is 1220 g/mol. The highest BCUT2D eigenvalue weighted by molar-refractivity contribution is 5.99. The lowest BCUT2D eigenvalue weighted by Crippen LogP contribution is -2.63. The minimum Gasteiger partial charge on any atom is -0.390 e. The van der Waals surface area contributed by atoms with Crippen LogP contribution in [0.15, 0.2) is 0 Å². The number of nitrogens with one attached hydrogen (secondary N) is 4. The molecule has 25 nitrogen and oxygen atoms in total. The van der Waals surface area contributed by atoms with Crippen molar-refractivity contribution >= 4 is 70.8 Å². The highest BCUT2D eigenvalue weighted by atomic mass is 16.5. The Bertz CT molecular complexity index is 2530. The fourth-order valence-corrected chi connectivity index (χ4v) is 12.3. The summed E-state index contributed by atoms with van der Waals surface area (Å²) in [5, 5.41) is 23.6. The van der Waals surface area contributed by atoms with Crippen molar-refractivity contribution in [1.29, 1.82) is 0 Å². The van der Waals surface area contributed by atoms with Crippen molar-refractivity contribution < 1.29 is 67.4 Å². The van der Waals surface area contributed by atoms with Crippen molar-refractivity contribution in [2.24, 2.45) is 47.3 Å². The van der Waals surface area contributed by atoms with E-state index in [4.69, 9.17) is 4.74 Å². The maximum Gasteiger partial charge on any atom is 0.246 e. The second-order valence-corrected chi connectivity index (χ2v) is 29.2. The zero-order chi connectivity index (χ0) is 73.2. The largest absolute Gasteiger partial charge is 0.390 e. The topological polar surface area (TPSA) is 305 Å². The number of carbonyl (C=O) groups excluding carboxylic acids is 12. The van der Waals surface area contributed by atoms with Crippen molar-refractivity contribution in [3.63, 3.8) is 0 Å². The van der Waals surface area contributed by atoms with Gasteiger partial charge in [-0.15, -0.1) is 0 Å². The standard InChI is InChI=1S/C70H127N11O14/c1-25-51-67(91)75(17)40-58(84)76(18)52(35-41(2)3)56(82)39-50(45(10)11)66(90)77(19)53(36-42(4)5)63(87)72-48(15)62(86)73-49(16)65(89)78(20)54(37-43(6)7)68(92)79(21)55(38-44(8)9)69(93)80(22)59(46(12)13)70(94)81(23)60(64(88)74-51)61(85)47(14)31-27-26-28-32-57(83)71-33-29-30-34-95-24/h41-55,59-61,85H,25-40H2,1-24H3,(H,71,83)(H,72,87)(H,73,86)(H,74,88)/t47-,48+,49-,50+,51+,52+,53+,54+,55+,59+,60+,61-/m1/s1. The first kappa shape index (κ1) is 86.8. The zero-order valence-electron chi connectivity index (χ0n) is 62.6. The summed E-state index contributed by atoms with van der Waals surface area (Å²) in [6.45, 7) is 28.9. The van der Waals surface area contributed by atoms with E-state index >= 15 is 19.2 Å². The molecule has 0 unspecified atom stereocenters. The van der Waals surface area contributed by atoms with Crippen LogP contribution >= 0.6 is 0 Å². The van der Waals surface area contributed by atoms with Gasteiger partial charge in [0.25, 0.3) is 0 Å². The van der Waals surface area contributed by atoms with Crippen LogP contribution in [0.1, 0.15) is 194 Å². The summed E-state index contributed by atoms with van der Waals surface area (Å²) in [6, 6.07) is -11.2. The Kier molecular flexibility index (Phi) is 38.2. The number of hydrogen-bond donors (Lipinski definition) is 5. The lowest BCUT2D eigenvalue weighted by molar-refractivity contribution is -0.157. The van der Waals surface area contributed by atoms with Crippen LogP contribution in [-0.4, -0.2) is 247 Å². The van der Waals surface area contributed by atoms with Gasteiger partial charge < -0.3 is 65.4 Å². The predicted molar refractivity (Wildman–Crippen MR) is 367 cm³/mol. The molecule has 25 heteroatoms. The maximum absolute atomic E-state index is 15.4. The number of ether oxygens (including phenoxy) is 1. The molecule has 5 N–H and O–H groups in total. The number of nitrogens with zero attached hydrogens (tertiary/aromatic N) is 7. The molecule has 0 radical (unpaired) electrons. The molecule has 1 aliphatic heterocycles. The molecule has 0 bridgehead atoms. The highest BCUT2D eigenvalue weighted by Gasteiger charge is 2.46. The van der Waals surface area contributed by atoms with E-state index < -0.39 is 156 Å². The molecule has 0 aromatic heterocycles. The van der Waals surface area contributed by atoms with Gasteiger partial charge in [-0.2, -0.15) is 0 Å². The van der Waals surface area contributed by atoms with Gasteiger partial charge in [-0.05, 0) is 113 Å². The molecule has 0 aromatic carbocycles. The number of amides is 11. The predicted octanol–water partition coefficient (Wildman–Crippen LogP) is 4.89. The summed E-state index contributed by atoms with van der Waals surface area (Å²) in [6.07, 6.45) is 2.83. The first-order valence-corrected chi connectivity index (χ1v) is 34.8. The van der Waals surface area contributed by atoms with Crippen LogP contribution in [0.25, 0.3) is 0 Å². The van der Waals surface area contributed by atoms with E-state index in [1.807, 2.05) is 55.4 Å². The first-order valence-electron chi connectivity index (χ1n) is 34.8. The number of carbonyl (C=O) groups is 12. The second kappa shape index (κ2) is 41.8. The Labute approximate surface area is 569 Å². The Morgan fingerprint density at radius 3 is 1.51 bits per heavy atom. The van der Waals surface area contributed by atoms with E-state index in [0.29, 0.717) is 45.3 Å². The number of aliphatic hydroxyl groups excluding tert-OH is 1. The molecule has 12 atom stereocenters. The normalized spacial score (nSPS) is 25.3. The third-order valence-electron chi connectivity index (χ3n) is 18.4. The molecule has 1 saturated heterocycles. The summed E-state index contributed by atoms with van der Waals surface area (Å²) in [4.78, 5) is 183. The Morgan fingerprint density at radius 2 is 1.00 bits per heavy atom. The number of methoxy groups -OCH3 is 1. The minimum absolute atomic E-state index is 0.00724. The molecule has 0 aliphatic carbocycles. The van der Waals surface area contributed by atoms with E-state index in [1.165, 1.54) is 87.7 Å². The summed E-state index contributed by atoms with van der Waals surface area (Å²) >= 11 is 0. The lowest BCUT2D eigenvalue weighted by atomic mass is 9.85. The smallest absolute Gasteiger partial charge is 0.246 e. The molecule has 11 amide bonds. The summed E-state index contributed by atoms with van der Waals surface area (Å²) in [7, 11) is 11.6. The number of ketones is 1. The first-order chi connectivity index (χ1) is 44.1. The molecule has 0 saturated carbocycles. The molecule has 546 valence electrons. The van der Waals surface area contributed by atoms with Crippen LogP contribution in [0.5, 0.6) is 0 Å². The van der Waals surface area contributed by atoms with E-state index in [0.717, 1.165) is 22.6 Å². The van der Waals surface area contributed by atoms with Crippen molar-refractivity contribution in [3.05, 3.63) is 0 Å². The third kappa shape index (κ3) is 26.9. The van der Waals surface area contributed by atoms with Crippen LogP contribution in [0, 0.1) is 47.3 Å². The molecular formula is C70H127N11O14. The molecule has 1 heterocycles. The van der Waals surface area contributed by atoms with Gasteiger partial charge in [0.1, 0.15) is 48.3 Å². The maximum atomic E-state index is 15.4. The van der Waals surface area contributed by atoms with Gasteiger partial charge in [0, 0.05) is 88.4 Å². The SMILES string of the molecule is CC[C@@H]1NC(=O)[C@H]([C@H](O)[C@H](C)CCCCCC(=O)NCCCCOC)N(C)C(=O)[C@H](C(C)C)N(C)C(=O)[C@H](CC(C)C)N(C)C(=O)[C@H](CC(C)C)N(C)C(=O)[C@@H](C)NC(=O)[C@H](C)NC(=O)[C@H](CC(C)C)N(C)C(=O)[C@H](C(C)C)CC(=O)[C@H](CC(C)C)N(C)C(=O)CN(C)C1=O. The average Bonchev–Trinajstić information content (AvgIpc) is 0.861. The second-order valence-electron chi connectivity index (χ2n) is 29.2. The summed E-state index contributed by atoms with van der Waals surface area (Å²) < 4.78 is 5.09. The van der Waals surface area contributed by atoms with Crippen molar-refractivity contribution in [3.8, 4) is 0 Å². The Balaban J connectivity index is 4.26. The van der Waals surface area contributed by atoms with Crippen molar-refractivity contribution in [2.75, 3.05) is 76.1 Å². The number of rotatable bonds is 24. The van der Waals surface area contributed by atoms with E-state index in [1.54, 1.807) is 48.7 Å². The van der Waals surface area contributed by atoms with Gasteiger partial charge in [-0.25, -0.2) is 0 Å². The van der Waals surface area contributed by atoms with E-state index in [9.17, 15) is 43.5 Å². The fraction of sp³-hybridized carbons (Fsp3) is 0.829. The zero-order valence-corrected chi connectivity index (χ0v) is 62.6. The van der Waals surface area contributed by atoms with Crippen LogP contribution < -0.4 is 21.3 Å². The van der Waals surface area contributed by atoms with Gasteiger partial charge in [0.15, 0.2) is 5.78 Å². The fourth-order valence-electron chi connectivity index (χ4n) is 12.3. The summed E-state index contributed by atoms with van der Waals surface area (Å²) in [5.74, 6) is -10.4. The van der Waals surface area contributed by atoms with Gasteiger partial charge >= 0.3 is 0 Å². The van der Waals surface area contributed by atoms with Gasteiger partial charge in [0.05, 0.1) is 18.7 Å². The summed E-state index contributed by atoms with van der Waals surface area (Å²) in [5.41, 5.74) is 0. The molecule has 1 rings (SSSR count). The quantitative estimate of drug-likeness (QED) is 0.0805. The number of unbranched alkanes of at least 4 members (excludes halogenated alkanes) is 3. The van der Waals surface area contributed by atoms with Gasteiger partial charge in [-0.3, -0.25) is 57.5 Å². The lowest BCUT2D eigenvalue weighted by Gasteiger charge is -2.41. The number of aliphatic hydroxyl groups is 1. The van der Waals surface area contributed by atoms with Gasteiger partial charge in [0.2, 0.25) is 65.0 Å². The van der Waals surface area contributed by atoms with Crippen molar-refractivity contribution in [1.82, 2.24) is 55.6 Å². The molecule has 95 heavy (non-hydrogen) atoms. The van der Waals surface area contributed by atoms with E-state index in [2.05, 4.69) is 21.3 Å². The molecule has 0 spiro atoms. The molecule has 0 aromatic rings. The average molecular weight is 1350 g/mol. The van der Waals surface area contributed by atoms with Crippen LogP contribution in [0.2, 0.25) is 0 Å².